The van der Waals surface area contributed by atoms with E-state index in [1.54, 1.807) is 0 Å². The van der Waals surface area contributed by atoms with Crippen molar-refractivity contribution in [1.29, 1.82) is 0 Å². The van der Waals surface area contributed by atoms with Crippen LogP contribution in [0.4, 0.5) is 4.39 Å². The summed E-state index contributed by atoms with van der Waals surface area (Å²) in [6.45, 7) is 3.50. The first-order chi connectivity index (χ1) is 8.54. The van der Waals surface area contributed by atoms with E-state index in [0.29, 0.717) is 5.69 Å². The Morgan fingerprint density at radius 2 is 1.83 bits per heavy atom. The molecule has 92 valence electrons. The van der Waals surface area contributed by atoms with Gasteiger partial charge < -0.3 is 0 Å². The first-order valence-electron chi connectivity index (χ1n) is 4.99. The Morgan fingerprint density at radius 3 is 2.44 bits per heavy atom. The van der Waals surface area contributed by atoms with Gasteiger partial charge in [0.25, 0.3) is 0 Å². The molecule has 0 fully saturated rings. The number of aromatic nitrogens is 2. The van der Waals surface area contributed by atoms with Gasteiger partial charge in [0.1, 0.15) is 12.1 Å². The lowest BCUT2D eigenvalue weighted by atomic mass is 10.4. The topological polar surface area (TPSA) is 59.9 Å². The fourth-order valence-electron chi connectivity index (χ4n) is 1.35. The van der Waals surface area contributed by atoms with Crippen LogP contribution in [0.25, 0.3) is 6.08 Å². The Labute approximate surface area is 104 Å². The van der Waals surface area contributed by atoms with Crippen LogP contribution in [0, 0.1) is 5.82 Å². The summed E-state index contributed by atoms with van der Waals surface area (Å²) in [5.41, 5.74) is 0.408. The second-order valence-corrected chi connectivity index (χ2v) is 5.34. The normalized spacial score (nSPS) is 11.2. The van der Waals surface area contributed by atoms with E-state index in [4.69, 9.17) is 0 Å². The largest absolute Gasteiger partial charge is 0.237 e. The van der Waals surface area contributed by atoms with Crippen molar-refractivity contribution in [2.24, 2.45) is 0 Å². The minimum atomic E-state index is -3.75. The van der Waals surface area contributed by atoms with E-state index in [2.05, 4.69) is 16.5 Å². The smallest absolute Gasteiger partial charge is 0.223 e. The summed E-state index contributed by atoms with van der Waals surface area (Å²) in [6.07, 6.45) is 2.57. The van der Waals surface area contributed by atoms with E-state index >= 15 is 0 Å². The Balaban J connectivity index is 2.54. The first-order valence-corrected chi connectivity index (χ1v) is 6.47. The van der Waals surface area contributed by atoms with Crippen molar-refractivity contribution in [2.45, 2.75) is 9.92 Å². The third-order valence-corrected chi connectivity index (χ3v) is 3.94. The minimum absolute atomic E-state index is 0.0161. The van der Waals surface area contributed by atoms with Crippen molar-refractivity contribution < 1.29 is 12.8 Å². The average Bonchev–Trinajstić information content (AvgIpc) is 2.39. The lowest BCUT2D eigenvalue weighted by Gasteiger charge is -2.03. The molecule has 1 heterocycles. The monoisotopic (exact) mass is 264 g/mol. The first kappa shape index (κ1) is 12.4. The van der Waals surface area contributed by atoms with Crippen LogP contribution in [0.2, 0.25) is 0 Å². The average molecular weight is 264 g/mol. The molecule has 1 aromatic carbocycles. The van der Waals surface area contributed by atoms with Crippen LogP contribution >= 0.6 is 0 Å². The van der Waals surface area contributed by atoms with E-state index < -0.39 is 15.7 Å². The van der Waals surface area contributed by atoms with Crippen LogP contribution in [0.1, 0.15) is 5.69 Å². The molecule has 0 radical (unpaired) electrons. The van der Waals surface area contributed by atoms with Crippen molar-refractivity contribution in [3.8, 4) is 0 Å². The minimum Gasteiger partial charge on any atom is -0.237 e. The van der Waals surface area contributed by atoms with Crippen LogP contribution in [-0.4, -0.2) is 18.4 Å². The number of nitrogens with zero attached hydrogens (tertiary/aromatic N) is 2. The van der Waals surface area contributed by atoms with Crippen LogP contribution in [0.5, 0.6) is 0 Å². The molecule has 2 rings (SSSR count). The summed E-state index contributed by atoms with van der Waals surface area (Å²) in [6, 6.07) is 5.87. The van der Waals surface area contributed by atoms with Gasteiger partial charge in [0.05, 0.1) is 10.6 Å². The number of hydrogen-bond donors (Lipinski definition) is 0. The molecule has 0 aliphatic heterocycles. The molecule has 0 amide bonds. The maximum absolute atomic E-state index is 12.8. The van der Waals surface area contributed by atoms with Crippen LogP contribution in [-0.2, 0) is 9.84 Å². The van der Waals surface area contributed by atoms with E-state index in [-0.39, 0.29) is 9.92 Å². The Bertz CT molecular complexity index is 681. The van der Waals surface area contributed by atoms with Crippen LogP contribution in [0.15, 0.2) is 53.2 Å². The molecule has 6 heteroatoms. The van der Waals surface area contributed by atoms with E-state index in [9.17, 15) is 12.8 Å². The van der Waals surface area contributed by atoms with Gasteiger partial charge in [-0.1, -0.05) is 6.58 Å². The predicted molar refractivity (Wildman–Crippen MR) is 64.0 cm³/mol. The Kier molecular flexibility index (Phi) is 3.20. The number of rotatable bonds is 3. The lowest BCUT2D eigenvalue weighted by molar-refractivity contribution is 0.590. The summed E-state index contributed by atoms with van der Waals surface area (Å²) in [5.74, 6) is -0.497. The molecular weight excluding hydrogens is 255 g/mol. The molecule has 0 aliphatic rings. The number of sulfone groups is 1. The predicted octanol–water partition coefficient (Wildman–Crippen LogP) is 2.09. The molecule has 0 bridgehead atoms. The van der Waals surface area contributed by atoms with Crippen molar-refractivity contribution in [2.75, 3.05) is 0 Å². The summed E-state index contributed by atoms with van der Waals surface area (Å²) < 4.78 is 37.1. The van der Waals surface area contributed by atoms with Gasteiger partial charge in [-0.3, -0.25) is 0 Å². The fraction of sp³-hybridized carbons (Fsp3) is 0. The van der Waals surface area contributed by atoms with E-state index in [1.807, 2.05) is 0 Å². The molecule has 0 spiro atoms. The maximum atomic E-state index is 12.8. The summed E-state index contributed by atoms with van der Waals surface area (Å²) in [4.78, 5) is 7.53. The lowest BCUT2D eigenvalue weighted by Crippen LogP contribution is -2.05. The zero-order valence-corrected chi connectivity index (χ0v) is 10.1. The maximum Gasteiger partial charge on any atom is 0.223 e. The molecule has 0 N–H and O–H groups in total. The highest BCUT2D eigenvalue weighted by Gasteiger charge is 2.19. The molecule has 4 nitrogen and oxygen atoms in total. The highest BCUT2D eigenvalue weighted by atomic mass is 32.2. The van der Waals surface area contributed by atoms with E-state index in [1.165, 1.54) is 24.3 Å². The standard InChI is InChI=1S/C12H9FN2O2S/c1-2-10-7-12(15-8-14-10)18(16,17)11-5-3-9(13)4-6-11/h2-8H,1H2. The quantitative estimate of drug-likeness (QED) is 0.629. The molecular formula is C12H9FN2O2S. The van der Waals surface area contributed by atoms with E-state index in [0.717, 1.165) is 18.5 Å². The van der Waals surface area contributed by atoms with Crippen molar-refractivity contribution >= 4 is 15.9 Å². The highest BCUT2D eigenvalue weighted by molar-refractivity contribution is 7.91. The second-order valence-electron chi connectivity index (χ2n) is 3.44. The van der Waals surface area contributed by atoms with Gasteiger partial charge in [-0.25, -0.2) is 22.8 Å². The van der Waals surface area contributed by atoms with Crippen LogP contribution < -0.4 is 0 Å². The summed E-state index contributed by atoms with van der Waals surface area (Å²) in [7, 11) is -3.75. The zero-order valence-electron chi connectivity index (χ0n) is 9.25. The van der Waals surface area contributed by atoms with Crippen molar-refractivity contribution in [3.05, 3.63) is 54.7 Å². The number of halogens is 1. The SMILES string of the molecule is C=Cc1cc(S(=O)(=O)c2ccc(F)cc2)ncn1. The fourth-order valence-corrected chi connectivity index (χ4v) is 2.54. The molecule has 0 unspecified atom stereocenters. The molecule has 0 saturated heterocycles. The van der Waals surface area contributed by atoms with Crippen LogP contribution in [0.3, 0.4) is 0 Å². The highest BCUT2D eigenvalue weighted by Crippen LogP contribution is 2.19. The molecule has 0 saturated carbocycles. The number of hydrogen-bond acceptors (Lipinski definition) is 4. The Hall–Kier alpha value is -2.08. The molecule has 0 atom stereocenters. The molecule has 0 aliphatic carbocycles. The number of benzene rings is 1. The Morgan fingerprint density at radius 1 is 1.17 bits per heavy atom. The molecule has 2 aromatic rings. The van der Waals surface area contributed by atoms with Gasteiger partial charge in [-0.05, 0) is 30.3 Å². The van der Waals surface area contributed by atoms with Gasteiger partial charge in [0.2, 0.25) is 9.84 Å². The third kappa shape index (κ3) is 2.28. The van der Waals surface area contributed by atoms with Gasteiger partial charge in [0.15, 0.2) is 5.03 Å². The zero-order chi connectivity index (χ0) is 13.2. The molecule has 18 heavy (non-hydrogen) atoms. The summed E-state index contributed by atoms with van der Waals surface area (Å²) in [5, 5.41) is -0.140. The van der Waals surface area contributed by atoms with Gasteiger partial charge in [-0.15, -0.1) is 0 Å². The van der Waals surface area contributed by atoms with Crippen molar-refractivity contribution in [1.82, 2.24) is 9.97 Å². The third-order valence-electron chi connectivity index (χ3n) is 2.27. The van der Waals surface area contributed by atoms with Crippen molar-refractivity contribution in [3.63, 3.8) is 0 Å². The van der Waals surface area contributed by atoms with Gasteiger partial charge in [0, 0.05) is 6.07 Å². The van der Waals surface area contributed by atoms with Gasteiger partial charge >= 0.3 is 0 Å². The molecule has 1 aromatic heterocycles. The summed E-state index contributed by atoms with van der Waals surface area (Å²) >= 11 is 0. The second kappa shape index (κ2) is 4.66. The van der Waals surface area contributed by atoms with Gasteiger partial charge in [-0.2, -0.15) is 0 Å².